The summed E-state index contributed by atoms with van der Waals surface area (Å²) in [5, 5.41) is 6.50. The van der Waals surface area contributed by atoms with Gasteiger partial charge in [0.05, 0.1) is 23.8 Å². The Balaban J connectivity index is 1.76. The van der Waals surface area contributed by atoms with E-state index in [9.17, 15) is 0 Å². The van der Waals surface area contributed by atoms with Gasteiger partial charge < -0.3 is 10.6 Å². The lowest BCUT2D eigenvalue weighted by Gasteiger charge is -2.25. The van der Waals surface area contributed by atoms with Crippen LogP contribution in [0.5, 0.6) is 0 Å². The van der Waals surface area contributed by atoms with Crippen LogP contribution in [0.3, 0.4) is 0 Å². The predicted octanol–water partition coefficient (Wildman–Crippen LogP) is 2.73. The molecule has 1 aromatic heterocycles. The summed E-state index contributed by atoms with van der Waals surface area (Å²) in [4.78, 5) is 4.16. The first-order chi connectivity index (χ1) is 7.38. The molecule has 1 aliphatic rings. The number of anilines is 2. The Morgan fingerprint density at radius 2 is 2.13 bits per heavy atom. The zero-order valence-electron chi connectivity index (χ0n) is 9.29. The molecule has 15 heavy (non-hydrogen) atoms. The van der Waals surface area contributed by atoms with Crippen molar-refractivity contribution in [1.29, 1.82) is 0 Å². The molecule has 0 radical (unpaired) electrons. The Morgan fingerprint density at radius 3 is 2.80 bits per heavy atom. The molecule has 0 spiro atoms. The highest BCUT2D eigenvalue weighted by Crippen LogP contribution is 2.29. The average Bonchev–Trinajstić information content (AvgIpc) is 2.22. The summed E-state index contributed by atoms with van der Waals surface area (Å²) in [6.07, 6.45) is 9.29. The van der Waals surface area contributed by atoms with E-state index in [-0.39, 0.29) is 0 Å². The van der Waals surface area contributed by atoms with Gasteiger partial charge in [0.15, 0.2) is 0 Å². The fourth-order valence-corrected chi connectivity index (χ4v) is 1.88. The summed E-state index contributed by atoms with van der Waals surface area (Å²) in [5.74, 6) is 0.970. The van der Waals surface area contributed by atoms with Crippen molar-refractivity contribution in [2.75, 3.05) is 24.2 Å². The Bertz CT molecular complexity index is 307. The van der Waals surface area contributed by atoms with Gasteiger partial charge in [-0.05, 0) is 18.4 Å². The van der Waals surface area contributed by atoms with E-state index in [0.29, 0.717) is 0 Å². The molecule has 1 saturated carbocycles. The largest absolute Gasteiger partial charge is 0.387 e. The van der Waals surface area contributed by atoms with E-state index in [2.05, 4.69) is 21.7 Å². The maximum Gasteiger partial charge on any atom is 0.0547 e. The molecule has 1 fully saturated rings. The van der Waals surface area contributed by atoms with Crippen LogP contribution < -0.4 is 10.6 Å². The topological polar surface area (TPSA) is 37.0 Å². The van der Waals surface area contributed by atoms with Gasteiger partial charge in [-0.2, -0.15) is 0 Å². The molecule has 2 rings (SSSR count). The standard InChI is InChI=1S/C12H19N3/c1-13-11-7-12(9-14-8-11)15-6-5-10-3-2-4-10/h7-10,13,15H,2-6H2,1H3. The Hall–Kier alpha value is -1.25. The van der Waals surface area contributed by atoms with Crippen LogP contribution in [0.1, 0.15) is 25.7 Å². The van der Waals surface area contributed by atoms with Gasteiger partial charge >= 0.3 is 0 Å². The van der Waals surface area contributed by atoms with Crippen LogP contribution >= 0.6 is 0 Å². The van der Waals surface area contributed by atoms with Gasteiger partial charge in [0.25, 0.3) is 0 Å². The summed E-state index contributed by atoms with van der Waals surface area (Å²) >= 11 is 0. The van der Waals surface area contributed by atoms with Gasteiger partial charge in [-0.1, -0.05) is 19.3 Å². The van der Waals surface area contributed by atoms with Gasteiger partial charge in [0.1, 0.15) is 0 Å². The van der Waals surface area contributed by atoms with E-state index in [0.717, 1.165) is 23.8 Å². The van der Waals surface area contributed by atoms with Crippen LogP contribution in [0.25, 0.3) is 0 Å². The molecule has 0 atom stereocenters. The van der Waals surface area contributed by atoms with E-state index < -0.39 is 0 Å². The molecule has 1 aliphatic carbocycles. The number of aromatic nitrogens is 1. The molecule has 0 aromatic carbocycles. The first-order valence-corrected chi connectivity index (χ1v) is 5.75. The molecule has 0 bridgehead atoms. The number of hydrogen-bond acceptors (Lipinski definition) is 3. The van der Waals surface area contributed by atoms with Gasteiger partial charge in [0, 0.05) is 13.6 Å². The molecule has 0 amide bonds. The van der Waals surface area contributed by atoms with E-state index in [1.165, 1.54) is 25.7 Å². The monoisotopic (exact) mass is 205 g/mol. The minimum absolute atomic E-state index is 0.970. The fraction of sp³-hybridized carbons (Fsp3) is 0.583. The molecule has 1 heterocycles. The van der Waals surface area contributed by atoms with Crippen LogP contribution in [-0.2, 0) is 0 Å². The maximum absolute atomic E-state index is 4.16. The molecule has 0 aliphatic heterocycles. The summed E-state index contributed by atoms with van der Waals surface area (Å²) in [6, 6.07) is 2.09. The Morgan fingerprint density at radius 1 is 1.33 bits per heavy atom. The average molecular weight is 205 g/mol. The first kappa shape index (κ1) is 10.3. The lowest BCUT2D eigenvalue weighted by atomic mass is 9.83. The van der Waals surface area contributed by atoms with Crippen LogP contribution in [-0.4, -0.2) is 18.6 Å². The fourth-order valence-electron chi connectivity index (χ4n) is 1.88. The van der Waals surface area contributed by atoms with Gasteiger partial charge in [-0.15, -0.1) is 0 Å². The molecule has 0 unspecified atom stereocenters. The van der Waals surface area contributed by atoms with E-state index in [4.69, 9.17) is 0 Å². The van der Waals surface area contributed by atoms with Crippen molar-refractivity contribution in [3.8, 4) is 0 Å². The van der Waals surface area contributed by atoms with Crippen molar-refractivity contribution in [3.63, 3.8) is 0 Å². The summed E-state index contributed by atoms with van der Waals surface area (Å²) in [7, 11) is 1.91. The number of pyridine rings is 1. The van der Waals surface area contributed by atoms with Crippen LogP contribution in [0.15, 0.2) is 18.5 Å². The molecular formula is C12H19N3. The van der Waals surface area contributed by atoms with E-state index in [1.54, 1.807) is 0 Å². The van der Waals surface area contributed by atoms with Crippen molar-refractivity contribution < 1.29 is 0 Å². The number of nitrogens with zero attached hydrogens (tertiary/aromatic N) is 1. The highest BCUT2D eigenvalue weighted by molar-refractivity contribution is 5.53. The zero-order chi connectivity index (χ0) is 10.5. The molecule has 82 valence electrons. The number of nitrogens with one attached hydrogen (secondary N) is 2. The normalized spacial score (nSPS) is 15.8. The van der Waals surface area contributed by atoms with Crippen LogP contribution in [0, 0.1) is 5.92 Å². The van der Waals surface area contributed by atoms with Crippen molar-refractivity contribution in [2.45, 2.75) is 25.7 Å². The lowest BCUT2D eigenvalue weighted by Crippen LogP contribution is -2.15. The molecular weight excluding hydrogens is 186 g/mol. The Kier molecular flexibility index (Phi) is 3.43. The second kappa shape index (κ2) is 5.01. The maximum atomic E-state index is 4.16. The third-order valence-electron chi connectivity index (χ3n) is 3.13. The summed E-state index contributed by atoms with van der Waals surface area (Å²) < 4.78 is 0. The van der Waals surface area contributed by atoms with E-state index in [1.807, 2.05) is 19.4 Å². The van der Waals surface area contributed by atoms with Crippen LogP contribution in [0.4, 0.5) is 11.4 Å². The molecule has 3 heteroatoms. The molecule has 0 saturated heterocycles. The highest BCUT2D eigenvalue weighted by Gasteiger charge is 2.16. The minimum atomic E-state index is 0.970. The third kappa shape index (κ3) is 2.85. The second-order valence-electron chi connectivity index (χ2n) is 4.22. The van der Waals surface area contributed by atoms with Gasteiger partial charge in [-0.25, -0.2) is 0 Å². The van der Waals surface area contributed by atoms with Crippen molar-refractivity contribution >= 4 is 11.4 Å². The zero-order valence-corrected chi connectivity index (χ0v) is 9.29. The predicted molar refractivity (Wildman–Crippen MR) is 64.2 cm³/mol. The van der Waals surface area contributed by atoms with Crippen molar-refractivity contribution in [1.82, 2.24) is 4.98 Å². The van der Waals surface area contributed by atoms with Crippen molar-refractivity contribution in [3.05, 3.63) is 18.5 Å². The van der Waals surface area contributed by atoms with Crippen molar-refractivity contribution in [2.24, 2.45) is 5.92 Å². The molecule has 3 nitrogen and oxygen atoms in total. The first-order valence-electron chi connectivity index (χ1n) is 5.75. The molecule has 2 N–H and O–H groups in total. The highest BCUT2D eigenvalue weighted by atomic mass is 14.9. The number of rotatable bonds is 5. The van der Waals surface area contributed by atoms with Crippen LogP contribution in [0.2, 0.25) is 0 Å². The molecule has 1 aromatic rings. The lowest BCUT2D eigenvalue weighted by molar-refractivity contribution is 0.303. The second-order valence-corrected chi connectivity index (χ2v) is 4.22. The van der Waals surface area contributed by atoms with Gasteiger partial charge in [-0.3, -0.25) is 4.98 Å². The van der Waals surface area contributed by atoms with Gasteiger partial charge in [0.2, 0.25) is 0 Å². The smallest absolute Gasteiger partial charge is 0.0547 e. The quantitative estimate of drug-likeness (QED) is 0.776. The summed E-state index contributed by atoms with van der Waals surface area (Å²) in [5.41, 5.74) is 2.17. The Labute approximate surface area is 91.3 Å². The number of hydrogen-bond donors (Lipinski definition) is 2. The third-order valence-corrected chi connectivity index (χ3v) is 3.13. The van der Waals surface area contributed by atoms with E-state index >= 15 is 0 Å². The summed E-state index contributed by atoms with van der Waals surface area (Å²) in [6.45, 7) is 1.07. The minimum Gasteiger partial charge on any atom is -0.387 e. The SMILES string of the molecule is CNc1cncc(NCCC2CCC2)c1.